The quantitative estimate of drug-likeness (QED) is 0.196. The standard InChI is InChI=1S/C40H45N7O3/c41-19-17-32-25-46(22-23-47(32)40(48)50-27-30-8-2-1-3-9-30)38-35-18-21-45(37-14-6-11-31-10-4-5-13-34(31)37)26-36(35)42-39(43-38)49-28-33-12-7-20-44(33)24-29-15-16-29/h1-6,8-11,13-14,29,32-33H,7,12,15-18,20-28H2/t32-,33-/m0/s1. The smallest absolute Gasteiger partial charge is 0.410 e. The van der Waals surface area contributed by atoms with Crippen molar-refractivity contribution in [3.63, 3.8) is 0 Å². The van der Waals surface area contributed by atoms with E-state index in [0.29, 0.717) is 44.8 Å². The van der Waals surface area contributed by atoms with Gasteiger partial charge in [0.2, 0.25) is 0 Å². The van der Waals surface area contributed by atoms with Crippen LogP contribution >= 0.6 is 0 Å². The average molecular weight is 672 g/mol. The molecule has 50 heavy (non-hydrogen) atoms. The third kappa shape index (κ3) is 7.06. The zero-order chi connectivity index (χ0) is 33.9. The number of fused-ring (bicyclic) bond motifs is 2. The van der Waals surface area contributed by atoms with E-state index in [9.17, 15) is 10.1 Å². The summed E-state index contributed by atoms with van der Waals surface area (Å²) in [6, 6.07) is 27.5. The molecular weight excluding hydrogens is 626 g/mol. The third-order valence-corrected chi connectivity index (χ3v) is 10.8. The number of anilines is 2. The number of carbonyl (C=O) groups is 1. The minimum atomic E-state index is -0.388. The summed E-state index contributed by atoms with van der Waals surface area (Å²) in [7, 11) is 0. The van der Waals surface area contributed by atoms with Gasteiger partial charge in [-0.25, -0.2) is 4.79 Å². The first kappa shape index (κ1) is 32.3. The lowest BCUT2D eigenvalue weighted by Crippen LogP contribution is -2.55. The molecule has 1 aromatic heterocycles. The first-order chi connectivity index (χ1) is 24.6. The third-order valence-electron chi connectivity index (χ3n) is 10.8. The molecule has 0 N–H and O–H groups in total. The van der Waals surface area contributed by atoms with E-state index >= 15 is 0 Å². The summed E-state index contributed by atoms with van der Waals surface area (Å²) in [5, 5.41) is 12.2. The van der Waals surface area contributed by atoms with Crippen LogP contribution in [0, 0.1) is 17.2 Å². The van der Waals surface area contributed by atoms with Gasteiger partial charge in [-0.2, -0.15) is 15.2 Å². The summed E-state index contributed by atoms with van der Waals surface area (Å²) >= 11 is 0. The van der Waals surface area contributed by atoms with Crippen molar-refractivity contribution in [2.24, 2.45) is 5.92 Å². The van der Waals surface area contributed by atoms with Gasteiger partial charge in [0, 0.05) is 55.4 Å². The number of benzene rings is 3. The summed E-state index contributed by atoms with van der Waals surface area (Å²) in [5.41, 5.74) is 4.24. The van der Waals surface area contributed by atoms with Gasteiger partial charge in [-0.05, 0) is 61.6 Å². The predicted octanol–water partition coefficient (Wildman–Crippen LogP) is 6.19. The second kappa shape index (κ2) is 14.5. The van der Waals surface area contributed by atoms with Gasteiger partial charge in [0.1, 0.15) is 19.0 Å². The molecule has 1 aliphatic carbocycles. The molecular formula is C40H45N7O3. The maximum atomic E-state index is 13.3. The molecule has 4 aliphatic rings. The van der Waals surface area contributed by atoms with Crippen molar-refractivity contribution in [1.29, 1.82) is 5.26 Å². The van der Waals surface area contributed by atoms with E-state index in [1.54, 1.807) is 4.90 Å². The Bertz CT molecular complexity index is 1850. The van der Waals surface area contributed by atoms with E-state index in [1.165, 1.54) is 42.3 Å². The highest BCUT2D eigenvalue weighted by atomic mass is 16.6. The summed E-state index contributed by atoms with van der Waals surface area (Å²) in [4.78, 5) is 32.4. The molecule has 8 rings (SSSR count). The van der Waals surface area contributed by atoms with Crippen molar-refractivity contribution in [3.05, 3.63) is 89.6 Å². The number of aromatic nitrogens is 2. The topological polar surface area (TPSA) is 98.1 Å². The summed E-state index contributed by atoms with van der Waals surface area (Å²) in [6.45, 7) is 6.08. The van der Waals surface area contributed by atoms with Crippen molar-refractivity contribution >= 4 is 28.4 Å². The number of nitriles is 1. The predicted molar refractivity (Wildman–Crippen MR) is 193 cm³/mol. The van der Waals surface area contributed by atoms with Gasteiger partial charge in [-0.15, -0.1) is 0 Å². The van der Waals surface area contributed by atoms with Crippen molar-refractivity contribution in [2.45, 2.75) is 63.8 Å². The van der Waals surface area contributed by atoms with E-state index in [1.807, 2.05) is 30.3 Å². The molecule has 3 fully saturated rings. The maximum absolute atomic E-state index is 13.3. The van der Waals surface area contributed by atoms with Gasteiger partial charge in [0.05, 0.1) is 30.8 Å². The number of carbonyl (C=O) groups excluding carboxylic acids is 1. The fourth-order valence-electron chi connectivity index (χ4n) is 7.90. The number of nitrogens with zero attached hydrogens (tertiary/aromatic N) is 7. The number of hydrogen-bond acceptors (Lipinski definition) is 9. The maximum Gasteiger partial charge on any atom is 0.410 e. The zero-order valence-electron chi connectivity index (χ0n) is 28.6. The Labute approximate surface area is 294 Å². The van der Waals surface area contributed by atoms with Crippen LogP contribution in [-0.4, -0.2) is 83.8 Å². The van der Waals surface area contributed by atoms with Gasteiger partial charge in [-0.1, -0.05) is 66.7 Å². The number of hydrogen-bond donors (Lipinski definition) is 0. The molecule has 258 valence electrons. The van der Waals surface area contributed by atoms with Crippen LogP contribution < -0.4 is 14.5 Å². The Morgan fingerprint density at radius 2 is 1.72 bits per heavy atom. The molecule has 1 saturated carbocycles. The Morgan fingerprint density at radius 1 is 0.880 bits per heavy atom. The summed E-state index contributed by atoms with van der Waals surface area (Å²) < 4.78 is 12.2. The fourth-order valence-corrected chi connectivity index (χ4v) is 7.90. The monoisotopic (exact) mass is 671 g/mol. The second-order valence-electron chi connectivity index (χ2n) is 14.2. The highest BCUT2D eigenvalue weighted by Crippen LogP contribution is 2.36. The van der Waals surface area contributed by atoms with Crippen LogP contribution in [0.1, 0.15) is 48.9 Å². The van der Waals surface area contributed by atoms with E-state index in [0.717, 1.165) is 54.5 Å². The van der Waals surface area contributed by atoms with Gasteiger partial charge in [0.25, 0.3) is 0 Å². The van der Waals surface area contributed by atoms with Crippen molar-refractivity contribution < 1.29 is 14.3 Å². The van der Waals surface area contributed by atoms with E-state index in [-0.39, 0.29) is 25.2 Å². The van der Waals surface area contributed by atoms with Crippen molar-refractivity contribution in [3.8, 4) is 12.1 Å². The van der Waals surface area contributed by atoms with Gasteiger partial charge >= 0.3 is 12.1 Å². The number of rotatable bonds is 10. The number of piperazine rings is 1. The van der Waals surface area contributed by atoms with Crippen molar-refractivity contribution in [1.82, 2.24) is 19.8 Å². The van der Waals surface area contributed by atoms with Crippen LogP contribution in [0.4, 0.5) is 16.3 Å². The Hall–Kier alpha value is -4.88. The average Bonchev–Trinajstić information content (AvgIpc) is 3.87. The van der Waals surface area contributed by atoms with Crippen LogP contribution in [0.15, 0.2) is 72.8 Å². The Kier molecular flexibility index (Phi) is 9.40. The largest absolute Gasteiger partial charge is 0.462 e. The second-order valence-corrected chi connectivity index (χ2v) is 14.2. The Balaban J connectivity index is 1.05. The lowest BCUT2D eigenvalue weighted by atomic mass is 10.0. The molecule has 0 unspecified atom stereocenters. The van der Waals surface area contributed by atoms with E-state index in [2.05, 4.69) is 63.2 Å². The molecule has 2 saturated heterocycles. The SMILES string of the molecule is N#CC[C@H]1CN(c2nc(OC[C@@H]3CCCN3CC3CC3)nc3c2CCN(c2cccc4ccccc24)C3)CCN1C(=O)OCc1ccccc1. The van der Waals surface area contributed by atoms with Crippen LogP contribution in [0.2, 0.25) is 0 Å². The molecule has 0 spiro atoms. The zero-order valence-corrected chi connectivity index (χ0v) is 28.6. The molecule has 3 aromatic carbocycles. The highest BCUT2D eigenvalue weighted by molar-refractivity contribution is 5.94. The number of likely N-dealkylation sites (tertiary alicyclic amines) is 1. The Morgan fingerprint density at radius 3 is 2.58 bits per heavy atom. The molecule has 3 aliphatic heterocycles. The van der Waals surface area contributed by atoms with Crippen LogP contribution in [0.3, 0.4) is 0 Å². The van der Waals surface area contributed by atoms with Crippen LogP contribution in [0.25, 0.3) is 10.8 Å². The molecule has 1 amide bonds. The van der Waals surface area contributed by atoms with Crippen LogP contribution in [0.5, 0.6) is 6.01 Å². The fraction of sp³-hybridized carbons (Fsp3) is 0.450. The van der Waals surface area contributed by atoms with E-state index < -0.39 is 0 Å². The number of amides is 1. The van der Waals surface area contributed by atoms with E-state index in [4.69, 9.17) is 19.4 Å². The van der Waals surface area contributed by atoms with Crippen molar-refractivity contribution in [2.75, 3.05) is 55.7 Å². The van der Waals surface area contributed by atoms with Gasteiger partial charge in [-0.3, -0.25) is 4.90 Å². The molecule has 0 bridgehead atoms. The minimum Gasteiger partial charge on any atom is -0.462 e. The number of ether oxygens (including phenoxy) is 2. The lowest BCUT2D eigenvalue weighted by molar-refractivity contribution is 0.0767. The highest BCUT2D eigenvalue weighted by Gasteiger charge is 2.36. The van der Waals surface area contributed by atoms with Crippen LogP contribution in [-0.2, 0) is 24.3 Å². The molecule has 4 heterocycles. The normalized spacial score (nSPS) is 20.8. The molecule has 2 atom stereocenters. The van der Waals surface area contributed by atoms with Gasteiger partial charge < -0.3 is 24.2 Å². The molecule has 10 heteroatoms. The minimum absolute atomic E-state index is 0.200. The summed E-state index contributed by atoms with van der Waals surface area (Å²) in [5.74, 6) is 1.71. The molecule has 0 radical (unpaired) electrons. The first-order valence-corrected chi connectivity index (χ1v) is 18.2. The summed E-state index contributed by atoms with van der Waals surface area (Å²) in [6.07, 6.45) is 5.64. The molecule has 4 aromatic rings. The van der Waals surface area contributed by atoms with Gasteiger partial charge in [0.15, 0.2) is 0 Å². The first-order valence-electron chi connectivity index (χ1n) is 18.2. The molecule has 10 nitrogen and oxygen atoms in total. The lowest BCUT2D eigenvalue weighted by Gasteiger charge is -2.42.